The zero-order chi connectivity index (χ0) is 19.4. The summed E-state index contributed by atoms with van der Waals surface area (Å²) in [7, 11) is -3.63. The zero-order valence-corrected chi connectivity index (χ0v) is 16.5. The van der Waals surface area contributed by atoms with Crippen LogP contribution in [0.25, 0.3) is 5.82 Å². The van der Waals surface area contributed by atoms with Crippen molar-refractivity contribution in [3.05, 3.63) is 65.2 Å². The van der Waals surface area contributed by atoms with Crippen molar-refractivity contribution in [1.82, 2.24) is 19.3 Å². The molecule has 3 rings (SSSR count). The third-order valence-electron chi connectivity index (χ3n) is 3.86. The first-order valence-electron chi connectivity index (χ1n) is 8.34. The van der Waals surface area contributed by atoms with Gasteiger partial charge in [0.25, 0.3) is 0 Å². The van der Waals surface area contributed by atoms with E-state index >= 15 is 0 Å². The summed E-state index contributed by atoms with van der Waals surface area (Å²) in [6.45, 7) is 4.12. The van der Waals surface area contributed by atoms with Crippen molar-refractivity contribution >= 4 is 27.4 Å². The van der Waals surface area contributed by atoms with E-state index in [4.69, 9.17) is 11.6 Å². The van der Waals surface area contributed by atoms with Gasteiger partial charge in [-0.05, 0) is 43.7 Å². The number of aromatic nitrogens is 3. The summed E-state index contributed by atoms with van der Waals surface area (Å²) in [6.07, 6.45) is 3.79. The average molecular weight is 406 g/mol. The van der Waals surface area contributed by atoms with Crippen LogP contribution in [-0.4, -0.2) is 36.0 Å². The molecule has 0 saturated carbocycles. The third-order valence-corrected chi connectivity index (χ3v) is 5.69. The van der Waals surface area contributed by atoms with E-state index in [1.54, 1.807) is 19.1 Å². The highest BCUT2D eigenvalue weighted by Crippen LogP contribution is 2.19. The van der Waals surface area contributed by atoms with Crippen LogP contribution < -0.4 is 10.0 Å². The Hall–Kier alpha value is -2.42. The normalized spacial score (nSPS) is 11.5. The van der Waals surface area contributed by atoms with Crippen molar-refractivity contribution in [1.29, 1.82) is 0 Å². The zero-order valence-electron chi connectivity index (χ0n) is 15.0. The lowest BCUT2D eigenvalue weighted by molar-refractivity contribution is 0.582. The van der Waals surface area contributed by atoms with Gasteiger partial charge in [0.2, 0.25) is 10.0 Å². The summed E-state index contributed by atoms with van der Waals surface area (Å²) in [5, 5.41) is 3.50. The molecular weight excluding hydrogens is 386 g/mol. The van der Waals surface area contributed by atoms with E-state index in [2.05, 4.69) is 20.0 Å². The van der Waals surface area contributed by atoms with E-state index in [0.29, 0.717) is 28.8 Å². The second kappa shape index (κ2) is 8.08. The van der Waals surface area contributed by atoms with Gasteiger partial charge in [-0.2, -0.15) is 0 Å². The molecule has 27 heavy (non-hydrogen) atoms. The number of aryl methyl sites for hydroxylation is 2. The largest absolute Gasteiger partial charge is 0.369 e. The molecule has 0 spiro atoms. The van der Waals surface area contributed by atoms with Crippen LogP contribution in [0.15, 0.2) is 53.7 Å². The molecule has 142 valence electrons. The highest BCUT2D eigenvalue weighted by molar-refractivity contribution is 7.89. The van der Waals surface area contributed by atoms with E-state index in [-0.39, 0.29) is 11.4 Å². The van der Waals surface area contributed by atoms with Gasteiger partial charge in [-0.15, -0.1) is 0 Å². The molecule has 0 fully saturated rings. The molecule has 0 bridgehead atoms. The third kappa shape index (κ3) is 4.85. The standard InChI is InChI=1S/C18H20ClN5O2S/c1-13-5-6-15(19)11-16(13)27(25,26)21-8-7-20-17-12-18(23-14(2)22-17)24-9-3-4-10-24/h3-6,9-12,21H,7-8H2,1-2H3,(H,20,22,23). The number of nitrogens with one attached hydrogen (secondary N) is 2. The number of sulfonamides is 1. The van der Waals surface area contributed by atoms with Gasteiger partial charge in [-0.25, -0.2) is 23.1 Å². The maximum Gasteiger partial charge on any atom is 0.240 e. The van der Waals surface area contributed by atoms with Crippen LogP contribution in [0, 0.1) is 13.8 Å². The highest BCUT2D eigenvalue weighted by Gasteiger charge is 2.16. The molecule has 2 aromatic heterocycles. The summed E-state index contributed by atoms with van der Waals surface area (Å²) < 4.78 is 29.4. The fourth-order valence-electron chi connectivity index (χ4n) is 2.58. The second-order valence-corrected chi connectivity index (χ2v) is 8.16. The van der Waals surface area contributed by atoms with Crippen molar-refractivity contribution in [2.75, 3.05) is 18.4 Å². The first kappa shape index (κ1) is 19.3. The van der Waals surface area contributed by atoms with E-state index in [1.807, 2.05) is 42.1 Å². The van der Waals surface area contributed by atoms with E-state index in [0.717, 1.165) is 5.82 Å². The number of rotatable bonds is 7. The van der Waals surface area contributed by atoms with Crippen molar-refractivity contribution in [2.24, 2.45) is 0 Å². The first-order valence-corrected chi connectivity index (χ1v) is 10.2. The predicted molar refractivity (Wildman–Crippen MR) is 106 cm³/mol. The summed E-state index contributed by atoms with van der Waals surface area (Å²) >= 11 is 5.92. The van der Waals surface area contributed by atoms with E-state index < -0.39 is 10.0 Å². The molecule has 0 unspecified atom stereocenters. The molecular formula is C18H20ClN5O2S. The molecule has 9 heteroatoms. The Balaban J connectivity index is 1.63. The Kier molecular flexibility index (Phi) is 5.79. The molecule has 0 aliphatic carbocycles. The van der Waals surface area contributed by atoms with E-state index in [9.17, 15) is 8.42 Å². The number of benzene rings is 1. The van der Waals surface area contributed by atoms with Crippen LogP contribution in [0.5, 0.6) is 0 Å². The molecule has 2 heterocycles. The molecule has 3 aromatic rings. The number of halogens is 1. The Bertz CT molecular complexity index is 1040. The van der Waals surface area contributed by atoms with Crippen molar-refractivity contribution in [2.45, 2.75) is 18.7 Å². The molecule has 2 N–H and O–H groups in total. The van der Waals surface area contributed by atoms with Crippen molar-refractivity contribution in [3.8, 4) is 5.82 Å². The van der Waals surface area contributed by atoms with Crippen LogP contribution in [0.2, 0.25) is 5.02 Å². The summed E-state index contributed by atoms with van der Waals surface area (Å²) in [5.74, 6) is 1.99. The molecule has 0 aliphatic rings. The smallest absolute Gasteiger partial charge is 0.240 e. The molecule has 0 atom stereocenters. The summed E-state index contributed by atoms with van der Waals surface area (Å²) in [5.41, 5.74) is 0.641. The van der Waals surface area contributed by atoms with Gasteiger partial charge in [0.05, 0.1) is 4.90 Å². The Morgan fingerprint density at radius 3 is 2.56 bits per heavy atom. The minimum absolute atomic E-state index is 0.183. The Morgan fingerprint density at radius 1 is 1.07 bits per heavy atom. The predicted octanol–water partition coefficient (Wildman–Crippen LogP) is 2.93. The van der Waals surface area contributed by atoms with Crippen LogP contribution in [0.1, 0.15) is 11.4 Å². The topological polar surface area (TPSA) is 88.9 Å². The maximum absolute atomic E-state index is 12.5. The fraction of sp³-hybridized carbons (Fsp3) is 0.222. The van der Waals surface area contributed by atoms with Gasteiger partial charge in [-0.1, -0.05) is 17.7 Å². The van der Waals surface area contributed by atoms with Crippen molar-refractivity contribution < 1.29 is 8.42 Å². The SMILES string of the molecule is Cc1nc(NCCNS(=O)(=O)c2cc(Cl)ccc2C)cc(-n2cccc2)n1. The first-order chi connectivity index (χ1) is 12.8. The van der Waals surface area contributed by atoms with Gasteiger partial charge in [-0.3, -0.25) is 0 Å². The van der Waals surface area contributed by atoms with Gasteiger partial charge in [0, 0.05) is 36.6 Å². The molecule has 0 aliphatic heterocycles. The number of anilines is 1. The van der Waals surface area contributed by atoms with Gasteiger partial charge in [0.15, 0.2) is 0 Å². The number of nitrogens with zero attached hydrogens (tertiary/aromatic N) is 3. The molecule has 1 aromatic carbocycles. The number of hydrogen-bond acceptors (Lipinski definition) is 5. The van der Waals surface area contributed by atoms with Gasteiger partial charge < -0.3 is 9.88 Å². The molecule has 0 saturated heterocycles. The lowest BCUT2D eigenvalue weighted by Gasteiger charge is -2.11. The maximum atomic E-state index is 12.5. The minimum Gasteiger partial charge on any atom is -0.369 e. The Labute approximate surface area is 163 Å². The lowest BCUT2D eigenvalue weighted by atomic mass is 10.2. The van der Waals surface area contributed by atoms with Crippen LogP contribution in [0.3, 0.4) is 0 Å². The minimum atomic E-state index is -3.63. The molecule has 7 nitrogen and oxygen atoms in total. The highest BCUT2D eigenvalue weighted by atomic mass is 35.5. The fourth-order valence-corrected chi connectivity index (χ4v) is 4.12. The molecule has 0 amide bonds. The van der Waals surface area contributed by atoms with Gasteiger partial charge >= 0.3 is 0 Å². The second-order valence-electron chi connectivity index (χ2n) is 5.98. The monoisotopic (exact) mass is 405 g/mol. The molecule has 0 radical (unpaired) electrons. The van der Waals surface area contributed by atoms with E-state index in [1.165, 1.54) is 6.07 Å². The quantitative estimate of drug-likeness (QED) is 0.590. The number of hydrogen-bond donors (Lipinski definition) is 2. The van der Waals surface area contributed by atoms with Crippen molar-refractivity contribution in [3.63, 3.8) is 0 Å². The summed E-state index contributed by atoms with van der Waals surface area (Å²) in [4.78, 5) is 8.90. The summed E-state index contributed by atoms with van der Waals surface area (Å²) in [6, 6.07) is 10.4. The van der Waals surface area contributed by atoms with Crippen LogP contribution in [-0.2, 0) is 10.0 Å². The van der Waals surface area contributed by atoms with Crippen LogP contribution >= 0.6 is 11.6 Å². The van der Waals surface area contributed by atoms with Crippen LogP contribution in [0.4, 0.5) is 5.82 Å². The lowest BCUT2D eigenvalue weighted by Crippen LogP contribution is -2.29. The van der Waals surface area contributed by atoms with Gasteiger partial charge in [0.1, 0.15) is 17.5 Å². The average Bonchev–Trinajstić information content (AvgIpc) is 3.15. The Morgan fingerprint density at radius 2 is 1.81 bits per heavy atom.